The molecule has 0 N–H and O–H groups in total. The number of fused-ring (bicyclic) bond motifs is 1. The van der Waals surface area contributed by atoms with E-state index in [1.807, 2.05) is 37.6 Å². The summed E-state index contributed by atoms with van der Waals surface area (Å²) in [4.78, 5) is 22.7. The first-order chi connectivity index (χ1) is 9.83. The van der Waals surface area contributed by atoms with Crippen LogP contribution in [0, 0.1) is 0 Å². The number of amides is 1. The number of hydrogen-bond acceptors (Lipinski definition) is 4. The fraction of sp³-hybridized carbons (Fsp3) is 0.500. The maximum absolute atomic E-state index is 12.4. The van der Waals surface area contributed by atoms with Crippen molar-refractivity contribution in [2.75, 3.05) is 4.90 Å². The van der Waals surface area contributed by atoms with Gasteiger partial charge < -0.3 is 9.14 Å². The molecule has 3 rings (SSSR count). The van der Waals surface area contributed by atoms with Gasteiger partial charge in [-0.1, -0.05) is 0 Å². The molecule has 7 heteroatoms. The molecule has 0 bridgehead atoms. The van der Waals surface area contributed by atoms with E-state index in [4.69, 9.17) is 4.74 Å². The Kier molecular flexibility index (Phi) is 3.39. The van der Waals surface area contributed by atoms with E-state index in [1.165, 1.54) is 0 Å². The molecule has 0 saturated heterocycles. The number of anilines is 1. The SMILES string of the molecule is CC(C)(C)OC(=O)N(c1cn2cc(Br)ncc2n1)C1CC1. The lowest BCUT2D eigenvalue weighted by Gasteiger charge is -2.25. The van der Waals surface area contributed by atoms with Gasteiger partial charge in [0, 0.05) is 12.2 Å². The van der Waals surface area contributed by atoms with Crippen LogP contribution in [0.1, 0.15) is 33.6 Å². The molecule has 0 aromatic carbocycles. The van der Waals surface area contributed by atoms with Crippen LogP contribution in [0.25, 0.3) is 5.65 Å². The minimum absolute atomic E-state index is 0.182. The van der Waals surface area contributed by atoms with E-state index in [0.29, 0.717) is 16.1 Å². The first-order valence-corrected chi connectivity index (χ1v) is 7.65. The lowest BCUT2D eigenvalue weighted by atomic mass is 10.2. The molecule has 0 aliphatic heterocycles. The van der Waals surface area contributed by atoms with Gasteiger partial charge in [0.15, 0.2) is 11.5 Å². The average molecular weight is 353 g/mol. The standard InChI is InChI=1S/C14H17BrN4O2/c1-14(2,3)21-13(20)19(9-4-5-9)12-8-18-7-10(15)16-6-11(18)17-12/h6-9H,4-5H2,1-3H3. The highest BCUT2D eigenvalue weighted by Gasteiger charge is 2.37. The number of carbonyl (C=O) groups is 1. The van der Waals surface area contributed by atoms with Crippen molar-refractivity contribution in [2.45, 2.75) is 45.3 Å². The molecule has 1 saturated carbocycles. The van der Waals surface area contributed by atoms with Gasteiger partial charge in [-0.25, -0.2) is 14.8 Å². The number of hydrogen-bond donors (Lipinski definition) is 0. The summed E-state index contributed by atoms with van der Waals surface area (Å²) in [6, 6.07) is 0.182. The second-order valence-electron chi connectivity index (χ2n) is 6.16. The van der Waals surface area contributed by atoms with Crippen LogP contribution >= 0.6 is 15.9 Å². The highest BCUT2D eigenvalue weighted by atomic mass is 79.9. The number of rotatable bonds is 2. The quantitative estimate of drug-likeness (QED) is 0.830. The smallest absolute Gasteiger partial charge is 0.416 e. The Bertz CT molecular complexity index is 688. The summed E-state index contributed by atoms with van der Waals surface area (Å²) in [5.41, 5.74) is 0.177. The first kappa shape index (κ1) is 14.3. The minimum atomic E-state index is -0.520. The van der Waals surface area contributed by atoms with Crippen LogP contribution in [0.3, 0.4) is 0 Å². The van der Waals surface area contributed by atoms with Crippen LogP contribution in [0.2, 0.25) is 0 Å². The molecular weight excluding hydrogens is 336 g/mol. The molecule has 112 valence electrons. The molecule has 1 aliphatic carbocycles. The average Bonchev–Trinajstić information content (AvgIpc) is 3.06. The molecule has 1 aliphatic rings. The summed E-state index contributed by atoms with van der Waals surface area (Å²) >= 11 is 3.32. The Morgan fingerprint density at radius 2 is 2.14 bits per heavy atom. The van der Waals surface area contributed by atoms with Gasteiger partial charge in [-0.15, -0.1) is 0 Å². The van der Waals surface area contributed by atoms with Gasteiger partial charge >= 0.3 is 6.09 Å². The topological polar surface area (TPSA) is 59.7 Å². The normalized spacial score (nSPS) is 15.2. The zero-order valence-electron chi connectivity index (χ0n) is 12.2. The highest BCUT2D eigenvalue weighted by Crippen LogP contribution is 2.32. The van der Waals surface area contributed by atoms with E-state index in [0.717, 1.165) is 12.8 Å². The molecule has 0 unspecified atom stereocenters. The third kappa shape index (κ3) is 3.18. The van der Waals surface area contributed by atoms with Crippen LogP contribution in [-0.2, 0) is 4.74 Å². The van der Waals surface area contributed by atoms with E-state index in [9.17, 15) is 4.79 Å². The van der Waals surface area contributed by atoms with Gasteiger partial charge in [0.1, 0.15) is 10.2 Å². The second kappa shape index (κ2) is 4.98. The first-order valence-electron chi connectivity index (χ1n) is 6.86. The lowest BCUT2D eigenvalue weighted by molar-refractivity contribution is 0.0577. The molecule has 0 atom stereocenters. The molecule has 2 aromatic heterocycles. The zero-order chi connectivity index (χ0) is 15.2. The maximum Gasteiger partial charge on any atom is 0.416 e. The van der Waals surface area contributed by atoms with E-state index < -0.39 is 5.60 Å². The monoisotopic (exact) mass is 352 g/mol. The van der Waals surface area contributed by atoms with Crippen molar-refractivity contribution in [1.82, 2.24) is 14.4 Å². The van der Waals surface area contributed by atoms with Crippen LogP contribution in [-0.4, -0.2) is 32.1 Å². The van der Waals surface area contributed by atoms with Crippen molar-refractivity contribution in [1.29, 1.82) is 0 Å². The Balaban J connectivity index is 1.94. The van der Waals surface area contributed by atoms with Crippen LogP contribution in [0.15, 0.2) is 23.2 Å². The lowest BCUT2D eigenvalue weighted by Crippen LogP contribution is -2.38. The van der Waals surface area contributed by atoms with E-state index in [2.05, 4.69) is 25.9 Å². The summed E-state index contributed by atoms with van der Waals surface area (Å²) in [7, 11) is 0. The highest BCUT2D eigenvalue weighted by molar-refractivity contribution is 9.10. The van der Waals surface area contributed by atoms with Crippen molar-refractivity contribution in [3.05, 3.63) is 23.2 Å². The third-order valence-corrected chi connectivity index (χ3v) is 3.46. The van der Waals surface area contributed by atoms with Crippen molar-refractivity contribution in [3.63, 3.8) is 0 Å². The van der Waals surface area contributed by atoms with Gasteiger partial charge in [-0.2, -0.15) is 0 Å². The Labute approximate surface area is 131 Å². The molecule has 6 nitrogen and oxygen atoms in total. The fourth-order valence-corrected chi connectivity index (χ4v) is 2.37. The summed E-state index contributed by atoms with van der Waals surface area (Å²) in [5.74, 6) is 0.603. The van der Waals surface area contributed by atoms with E-state index in [1.54, 1.807) is 11.1 Å². The molecule has 0 spiro atoms. The van der Waals surface area contributed by atoms with E-state index in [-0.39, 0.29) is 12.1 Å². The summed E-state index contributed by atoms with van der Waals surface area (Å²) < 4.78 is 8.04. The molecule has 1 amide bonds. The van der Waals surface area contributed by atoms with Crippen LogP contribution in [0.4, 0.5) is 10.6 Å². The molecule has 2 aromatic rings. The molecular formula is C14H17BrN4O2. The van der Waals surface area contributed by atoms with Gasteiger partial charge in [-0.05, 0) is 49.5 Å². The Morgan fingerprint density at radius 3 is 2.76 bits per heavy atom. The number of halogens is 1. The van der Waals surface area contributed by atoms with E-state index >= 15 is 0 Å². The van der Waals surface area contributed by atoms with Crippen LogP contribution < -0.4 is 4.90 Å². The van der Waals surface area contributed by atoms with Crippen molar-refractivity contribution in [2.24, 2.45) is 0 Å². The maximum atomic E-state index is 12.4. The number of carbonyl (C=O) groups excluding carboxylic acids is 1. The molecule has 1 fully saturated rings. The zero-order valence-corrected chi connectivity index (χ0v) is 13.8. The molecule has 0 radical (unpaired) electrons. The summed E-state index contributed by atoms with van der Waals surface area (Å²) in [6.07, 6.45) is 6.91. The largest absolute Gasteiger partial charge is 0.443 e. The molecule has 2 heterocycles. The predicted octanol–water partition coefficient (Wildman–Crippen LogP) is 3.40. The van der Waals surface area contributed by atoms with Crippen LogP contribution in [0.5, 0.6) is 0 Å². The second-order valence-corrected chi connectivity index (χ2v) is 6.97. The van der Waals surface area contributed by atoms with Crippen molar-refractivity contribution < 1.29 is 9.53 Å². The third-order valence-electron chi connectivity index (χ3n) is 3.05. The van der Waals surface area contributed by atoms with Gasteiger partial charge in [0.2, 0.25) is 0 Å². The fourth-order valence-electron chi connectivity index (χ4n) is 2.05. The van der Waals surface area contributed by atoms with Gasteiger partial charge in [0.25, 0.3) is 0 Å². The predicted molar refractivity (Wildman–Crippen MR) is 82.4 cm³/mol. The summed E-state index contributed by atoms with van der Waals surface area (Å²) in [5, 5.41) is 0. The van der Waals surface area contributed by atoms with Gasteiger partial charge in [-0.3, -0.25) is 4.90 Å². The number of aromatic nitrogens is 3. The number of imidazole rings is 1. The Hall–Kier alpha value is -1.63. The summed E-state index contributed by atoms with van der Waals surface area (Å²) in [6.45, 7) is 5.59. The van der Waals surface area contributed by atoms with Crippen molar-refractivity contribution >= 4 is 33.5 Å². The molecule has 21 heavy (non-hydrogen) atoms. The number of nitrogens with zero attached hydrogens (tertiary/aromatic N) is 4. The minimum Gasteiger partial charge on any atom is -0.443 e. The van der Waals surface area contributed by atoms with Gasteiger partial charge in [0.05, 0.1) is 12.4 Å². The number of ether oxygens (including phenoxy) is 1. The van der Waals surface area contributed by atoms with Crippen molar-refractivity contribution in [3.8, 4) is 0 Å². The Morgan fingerprint density at radius 1 is 1.43 bits per heavy atom.